The summed E-state index contributed by atoms with van der Waals surface area (Å²) in [5.74, 6) is 0.976. The van der Waals surface area contributed by atoms with Gasteiger partial charge < -0.3 is 20.4 Å². The number of amides is 1. The lowest BCUT2D eigenvalue weighted by Crippen LogP contribution is -2.31. The second-order valence-corrected chi connectivity index (χ2v) is 4.36. The van der Waals surface area contributed by atoms with E-state index in [0.717, 1.165) is 18.8 Å². The molecule has 0 bridgehead atoms. The molecule has 102 valence electrons. The first-order valence-electron chi connectivity index (χ1n) is 6.19. The maximum Gasteiger partial charge on any atom is 0.236 e. The lowest BCUT2D eigenvalue weighted by atomic mass is 10.4. The molecule has 0 aromatic carbocycles. The number of nitrogens with one attached hydrogen (secondary N) is 1. The Morgan fingerprint density at radius 2 is 2.37 bits per heavy atom. The number of carbonyl (C=O) groups is 1. The van der Waals surface area contributed by atoms with E-state index < -0.39 is 5.91 Å². The number of primary amides is 1. The number of carbonyl (C=O) groups excluding carboxylic acids is 1. The minimum Gasteiger partial charge on any atom is -0.369 e. The zero-order chi connectivity index (χ0) is 13.8. The molecule has 0 fully saturated rings. The highest BCUT2D eigenvalue weighted by Gasteiger charge is 2.13. The van der Waals surface area contributed by atoms with Crippen LogP contribution in [0.5, 0.6) is 0 Å². The third-order valence-corrected chi connectivity index (χ3v) is 2.67. The van der Waals surface area contributed by atoms with Gasteiger partial charge in [-0.15, -0.1) is 0 Å². The fourth-order valence-corrected chi connectivity index (χ4v) is 1.82. The van der Waals surface area contributed by atoms with Crippen LogP contribution in [-0.4, -0.2) is 40.4 Å². The van der Waals surface area contributed by atoms with Gasteiger partial charge in [0.15, 0.2) is 11.5 Å². The number of hydrogen-bond donors (Lipinski definition) is 2. The number of nitrogens with zero attached hydrogens (tertiary/aromatic N) is 4. The molecule has 0 unspecified atom stereocenters. The van der Waals surface area contributed by atoms with E-state index in [1.165, 1.54) is 0 Å². The first-order valence-corrected chi connectivity index (χ1v) is 6.19. The molecular formula is C12H18N6O. The number of likely N-dealkylation sites (N-methyl/N-ethyl adjacent to an activating group) is 1. The smallest absolute Gasteiger partial charge is 0.236 e. The van der Waals surface area contributed by atoms with Crippen LogP contribution >= 0.6 is 0 Å². The second-order valence-electron chi connectivity index (χ2n) is 4.36. The SMILES string of the molecule is CCCNc1cn2ccnc2c(N(C)CC(N)=O)n1. The highest BCUT2D eigenvalue weighted by Crippen LogP contribution is 2.19. The molecule has 0 aliphatic carbocycles. The summed E-state index contributed by atoms with van der Waals surface area (Å²) < 4.78 is 1.87. The third-order valence-electron chi connectivity index (χ3n) is 2.67. The van der Waals surface area contributed by atoms with Crippen LogP contribution in [0.25, 0.3) is 5.65 Å². The topological polar surface area (TPSA) is 88.5 Å². The minimum absolute atomic E-state index is 0.104. The van der Waals surface area contributed by atoms with E-state index in [-0.39, 0.29) is 6.54 Å². The molecule has 0 atom stereocenters. The van der Waals surface area contributed by atoms with Crippen molar-refractivity contribution < 1.29 is 4.79 Å². The number of aromatic nitrogens is 3. The molecule has 0 saturated carbocycles. The van der Waals surface area contributed by atoms with Crippen LogP contribution in [0.15, 0.2) is 18.6 Å². The molecule has 7 heteroatoms. The molecule has 0 radical (unpaired) electrons. The van der Waals surface area contributed by atoms with Crippen molar-refractivity contribution in [3.8, 4) is 0 Å². The summed E-state index contributed by atoms with van der Waals surface area (Å²) in [5, 5.41) is 3.22. The average Bonchev–Trinajstić information content (AvgIpc) is 2.82. The van der Waals surface area contributed by atoms with Crippen LogP contribution in [0.1, 0.15) is 13.3 Å². The molecule has 2 aromatic rings. The van der Waals surface area contributed by atoms with Crippen molar-refractivity contribution in [1.82, 2.24) is 14.4 Å². The van der Waals surface area contributed by atoms with E-state index >= 15 is 0 Å². The number of hydrogen-bond acceptors (Lipinski definition) is 5. The Morgan fingerprint density at radius 1 is 1.58 bits per heavy atom. The van der Waals surface area contributed by atoms with Crippen molar-refractivity contribution in [1.29, 1.82) is 0 Å². The summed E-state index contributed by atoms with van der Waals surface area (Å²) in [5.41, 5.74) is 5.92. The molecule has 3 N–H and O–H groups in total. The quantitative estimate of drug-likeness (QED) is 0.790. The number of rotatable bonds is 6. The summed E-state index contributed by atoms with van der Waals surface area (Å²) >= 11 is 0. The summed E-state index contributed by atoms with van der Waals surface area (Å²) in [6.45, 7) is 3.03. The van der Waals surface area contributed by atoms with E-state index in [9.17, 15) is 4.79 Å². The van der Waals surface area contributed by atoms with E-state index in [1.807, 2.05) is 16.8 Å². The van der Waals surface area contributed by atoms with Crippen LogP contribution in [0.3, 0.4) is 0 Å². The Balaban J connectivity index is 2.38. The summed E-state index contributed by atoms with van der Waals surface area (Å²) in [4.78, 5) is 21.5. The Labute approximate surface area is 111 Å². The molecule has 0 aliphatic heterocycles. The van der Waals surface area contributed by atoms with E-state index in [2.05, 4.69) is 22.2 Å². The van der Waals surface area contributed by atoms with E-state index in [1.54, 1.807) is 18.1 Å². The van der Waals surface area contributed by atoms with Gasteiger partial charge in [0.25, 0.3) is 0 Å². The zero-order valence-corrected chi connectivity index (χ0v) is 11.1. The first-order chi connectivity index (χ1) is 9.11. The van der Waals surface area contributed by atoms with Gasteiger partial charge in [0, 0.05) is 26.0 Å². The summed E-state index contributed by atoms with van der Waals surface area (Å²) in [6.07, 6.45) is 6.42. The van der Waals surface area contributed by atoms with Crippen LogP contribution < -0.4 is 16.0 Å². The highest BCUT2D eigenvalue weighted by atomic mass is 16.1. The monoisotopic (exact) mass is 262 g/mol. The van der Waals surface area contributed by atoms with Gasteiger partial charge in [-0.3, -0.25) is 4.79 Å². The maximum absolute atomic E-state index is 11.0. The zero-order valence-electron chi connectivity index (χ0n) is 11.1. The van der Waals surface area contributed by atoms with Gasteiger partial charge in [-0.05, 0) is 6.42 Å². The second kappa shape index (κ2) is 5.55. The summed E-state index contributed by atoms with van der Waals surface area (Å²) in [7, 11) is 1.77. The fourth-order valence-electron chi connectivity index (χ4n) is 1.82. The average molecular weight is 262 g/mol. The predicted octanol–water partition coefficient (Wildman–Crippen LogP) is 0.473. The third kappa shape index (κ3) is 2.93. The van der Waals surface area contributed by atoms with Gasteiger partial charge in [0.2, 0.25) is 5.91 Å². The van der Waals surface area contributed by atoms with Gasteiger partial charge in [-0.25, -0.2) is 9.97 Å². The molecule has 1 amide bonds. The van der Waals surface area contributed by atoms with Crippen LogP contribution in [0.2, 0.25) is 0 Å². The molecule has 7 nitrogen and oxygen atoms in total. The van der Waals surface area contributed by atoms with Crippen molar-refractivity contribution in [3.63, 3.8) is 0 Å². The van der Waals surface area contributed by atoms with Crippen molar-refractivity contribution in [2.24, 2.45) is 5.73 Å². The molecule has 2 heterocycles. The Morgan fingerprint density at radius 3 is 3.05 bits per heavy atom. The van der Waals surface area contributed by atoms with Gasteiger partial charge in [0.05, 0.1) is 12.7 Å². The van der Waals surface area contributed by atoms with Gasteiger partial charge in [-0.1, -0.05) is 6.92 Å². The Hall–Kier alpha value is -2.31. The molecule has 2 rings (SSSR count). The van der Waals surface area contributed by atoms with Crippen LogP contribution in [0, 0.1) is 0 Å². The van der Waals surface area contributed by atoms with Gasteiger partial charge in [0.1, 0.15) is 5.82 Å². The minimum atomic E-state index is -0.402. The van der Waals surface area contributed by atoms with Crippen molar-refractivity contribution in [2.45, 2.75) is 13.3 Å². The van der Waals surface area contributed by atoms with Crippen molar-refractivity contribution in [2.75, 3.05) is 30.4 Å². The normalized spacial score (nSPS) is 10.6. The predicted molar refractivity (Wildman–Crippen MR) is 74.2 cm³/mol. The van der Waals surface area contributed by atoms with Crippen LogP contribution in [0.4, 0.5) is 11.6 Å². The van der Waals surface area contributed by atoms with Gasteiger partial charge >= 0.3 is 0 Å². The number of fused-ring (bicyclic) bond motifs is 1. The largest absolute Gasteiger partial charge is 0.369 e. The maximum atomic E-state index is 11.0. The van der Waals surface area contributed by atoms with Gasteiger partial charge in [-0.2, -0.15) is 0 Å². The first kappa shape index (κ1) is 13.1. The number of nitrogens with two attached hydrogens (primary N) is 1. The van der Waals surface area contributed by atoms with Crippen LogP contribution in [-0.2, 0) is 4.79 Å². The van der Waals surface area contributed by atoms with Crippen molar-refractivity contribution in [3.05, 3.63) is 18.6 Å². The summed E-state index contributed by atoms with van der Waals surface area (Å²) in [6, 6.07) is 0. The van der Waals surface area contributed by atoms with E-state index in [0.29, 0.717) is 11.5 Å². The standard InChI is InChI=1S/C12H18N6O/c1-3-4-14-10-8-18-6-5-15-11(18)12(16-10)17(2)7-9(13)19/h5-6,8,14H,3-4,7H2,1-2H3,(H2,13,19). The van der Waals surface area contributed by atoms with E-state index in [4.69, 9.17) is 5.73 Å². The molecule has 0 saturated heterocycles. The Kier molecular flexibility index (Phi) is 3.84. The number of imidazole rings is 1. The lowest BCUT2D eigenvalue weighted by molar-refractivity contribution is -0.116. The molecule has 0 aliphatic rings. The highest BCUT2D eigenvalue weighted by molar-refractivity contribution is 5.81. The fraction of sp³-hybridized carbons (Fsp3) is 0.417. The molecular weight excluding hydrogens is 244 g/mol. The number of anilines is 2. The lowest BCUT2D eigenvalue weighted by Gasteiger charge is -2.18. The molecule has 0 spiro atoms. The molecule has 2 aromatic heterocycles. The Bertz CT molecular complexity index is 579. The molecule has 19 heavy (non-hydrogen) atoms. The van der Waals surface area contributed by atoms with Crippen molar-refractivity contribution >= 4 is 23.2 Å².